The van der Waals surface area contributed by atoms with Crippen LogP contribution in [0.5, 0.6) is 0 Å². The van der Waals surface area contributed by atoms with Gasteiger partial charge in [-0.05, 0) is 0 Å². The minimum atomic E-state index is -0.574. The van der Waals surface area contributed by atoms with Gasteiger partial charge in [0.2, 0.25) is 12.3 Å². The number of hydrogen-bond donors (Lipinski definition) is 1. The summed E-state index contributed by atoms with van der Waals surface area (Å²) >= 11 is 0. The Balaban J connectivity index is 1.86. The third-order valence-electron chi connectivity index (χ3n) is 2.75. The molecule has 0 saturated carbocycles. The standard InChI is InChI=1S/C9H13N3O4/c13-6-11-1-3-12(4-2-11)8(14)7-5-16-9(15)10-7/h6-7H,1-5H2,(H,10,15). The van der Waals surface area contributed by atoms with Crippen molar-refractivity contribution in [1.29, 1.82) is 0 Å². The van der Waals surface area contributed by atoms with E-state index in [-0.39, 0.29) is 12.5 Å². The van der Waals surface area contributed by atoms with Crippen LogP contribution in [0, 0.1) is 0 Å². The molecular formula is C9H13N3O4. The first-order chi connectivity index (χ1) is 7.70. The molecule has 0 spiro atoms. The van der Waals surface area contributed by atoms with Crippen LogP contribution in [0.3, 0.4) is 0 Å². The van der Waals surface area contributed by atoms with Gasteiger partial charge in [-0.1, -0.05) is 0 Å². The molecule has 0 aromatic heterocycles. The van der Waals surface area contributed by atoms with Gasteiger partial charge in [0.05, 0.1) is 0 Å². The Morgan fingerprint density at radius 1 is 1.38 bits per heavy atom. The van der Waals surface area contributed by atoms with E-state index in [1.807, 2.05) is 0 Å². The van der Waals surface area contributed by atoms with Gasteiger partial charge in [0.15, 0.2) is 0 Å². The van der Waals surface area contributed by atoms with E-state index in [9.17, 15) is 14.4 Å². The highest BCUT2D eigenvalue weighted by Gasteiger charge is 2.33. The maximum atomic E-state index is 11.9. The molecule has 2 aliphatic heterocycles. The van der Waals surface area contributed by atoms with Gasteiger partial charge < -0.3 is 19.9 Å². The second kappa shape index (κ2) is 4.38. The van der Waals surface area contributed by atoms with Crippen LogP contribution in [0.15, 0.2) is 0 Å². The van der Waals surface area contributed by atoms with E-state index in [1.54, 1.807) is 9.80 Å². The van der Waals surface area contributed by atoms with Crippen molar-refractivity contribution in [2.24, 2.45) is 0 Å². The van der Waals surface area contributed by atoms with Crippen molar-refractivity contribution in [3.05, 3.63) is 0 Å². The van der Waals surface area contributed by atoms with Crippen LogP contribution in [-0.2, 0) is 14.3 Å². The molecule has 0 aliphatic carbocycles. The van der Waals surface area contributed by atoms with Gasteiger partial charge in [0.25, 0.3) is 0 Å². The third-order valence-corrected chi connectivity index (χ3v) is 2.75. The third kappa shape index (κ3) is 2.07. The fourth-order valence-electron chi connectivity index (χ4n) is 1.79. The number of alkyl carbamates (subject to hydrolysis) is 1. The first-order valence-electron chi connectivity index (χ1n) is 5.12. The van der Waals surface area contributed by atoms with E-state index >= 15 is 0 Å². The van der Waals surface area contributed by atoms with E-state index in [0.29, 0.717) is 26.2 Å². The maximum absolute atomic E-state index is 11.9. The summed E-state index contributed by atoms with van der Waals surface area (Å²) < 4.78 is 4.66. The largest absolute Gasteiger partial charge is 0.447 e. The molecule has 2 saturated heterocycles. The minimum Gasteiger partial charge on any atom is -0.447 e. The normalized spacial score (nSPS) is 25.0. The zero-order valence-corrected chi connectivity index (χ0v) is 8.72. The predicted molar refractivity (Wildman–Crippen MR) is 52.5 cm³/mol. The average molecular weight is 227 g/mol. The SMILES string of the molecule is O=CN1CCN(C(=O)C2COC(=O)N2)CC1. The molecule has 0 aromatic carbocycles. The van der Waals surface area contributed by atoms with Gasteiger partial charge in [-0.2, -0.15) is 0 Å². The zero-order chi connectivity index (χ0) is 11.5. The monoisotopic (exact) mass is 227 g/mol. The summed E-state index contributed by atoms with van der Waals surface area (Å²) in [7, 11) is 0. The molecule has 7 nitrogen and oxygen atoms in total. The molecule has 2 rings (SSSR count). The first kappa shape index (κ1) is 10.7. The summed E-state index contributed by atoms with van der Waals surface area (Å²) in [5.41, 5.74) is 0. The molecule has 1 N–H and O–H groups in total. The summed E-state index contributed by atoms with van der Waals surface area (Å²) in [5, 5.41) is 2.44. The summed E-state index contributed by atoms with van der Waals surface area (Å²) in [6.07, 6.45) is 0.229. The van der Waals surface area contributed by atoms with Crippen LogP contribution in [-0.4, -0.2) is 67.0 Å². The smallest absolute Gasteiger partial charge is 0.407 e. The molecule has 1 atom stereocenters. The lowest BCUT2D eigenvalue weighted by molar-refractivity contribution is -0.136. The summed E-state index contributed by atoms with van der Waals surface area (Å²) in [6, 6.07) is -0.574. The molecule has 2 aliphatic rings. The molecule has 2 heterocycles. The van der Waals surface area contributed by atoms with E-state index in [0.717, 1.165) is 6.41 Å². The van der Waals surface area contributed by atoms with Crippen molar-refractivity contribution in [1.82, 2.24) is 15.1 Å². The highest BCUT2D eigenvalue weighted by atomic mass is 16.6. The van der Waals surface area contributed by atoms with Crippen LogP contribution in [0.4, 0.5) is 4.79 Å². The topological polar surface area (TPSA) is 79.0 Å². The Morgan fingerprint density at radius 2 is 2.06 bits per heavy atom. The van der Waals surface area contributed by atoms with Gasteiger partial charge in [-0.3, -0.25) is 9.59 Å². The molecule has 88 valence electrons. The van der Waals surface area contributed by atoms with E-state index in [1.165, 1.54) is 0 Å². The number of amides is 3. The molecule has 3 amide bonds. The number of piperazine rings is 1. The molecule has 7 heteroatoms. The Labute approximate surface area is 92.3 Å². The number of cyclic esters (lactones) is 1. The lowest BCUT2D eigenvalue weighted by atomic mass is 10.2. The van der Waals surface area contributed by atoms with Crippen LogP contribution >= 0.6 is 0 Å². The zero-order valence-electron chi connectivity index (χ0n) is 8.72. The highest BCUT2D eigenvalue weighted by molar-refractivity contribution is 5.88. The van der Waals surface area contributed by atoms with Crippen molar-refractivity contribution < 1.29 is 19.1 Å². The fourth-order valence-corrected chi connectivity index (χ4v) is 1.79. The Morgan fingerprint density at radius 3 is 2.56 bits per heavy atom. The maximum Gasteiger partial charge on any atom is 0.407 e. The second-order valence-electron chi connectivity index (χ2n) is 3.76. The summed E-state index contributed by atoms with van der Waals surface area (Å²) in [4.78, 5) is 36.4. The van der Waals surface area contributed by atoms with Crippen molar-refractivity contribution in [2.75, 3.05) is 32.8 Å². The second-order valence-corrected chi connectivity index (χ2v) is 3.76. The highest BCUT2D eigenvalue weighted by Crippen LogP contribution is 2.06. The van der Waals surface area contributed by atoms with Crippen molar-refractivity contribution >= 4 is 18.4 Å². The Bertz CT molecular complexity index is 312. The first-order valence-corrected chi connectivity index (χ1v) is 5.12. The summed E-state index contributed by atoms with van der Waals surface area (Å²) in [6.45, 7) is 2.17. The number of carbonyl (C=O) groups excluding carboxylic acids is 3. The fraction of sp³-hybridized carbons (Fsp3) is 0.667. The molecule has 1 unspecified atom stereocenters. The van der Waals surface area contributed by atoms with Gasteiger partial charge in [0.1, 0.15) is 12.6 Å². The van der Waals surface area contributed by atoms with E-state index in [2.05, 4.69) is 10.1 Å². The van der Waals surface area contributed by atoms with Gasteiger partial charge in [0, 0.05) is 26.2 Å². The van der Waals surface area contributed by atoms with Crippen LogP contribution < -0.4 is 5.32 Å². The number of nitrogens with zero attached hydrogens (tertiary/aromatic N) is 2. The number of ether oxygens (including phenoxy) is 1. The van der Waals surface area contributed by atoms with Gasteiger partial charge >= 0.3 is 6.09 Å². The molecule has 16 heavy (non-hydrogen) atoms. The van der Waals surface area contributed by atoms with Crippen molar-refractivity contribution in [2.45, 2.75) is 6.04 Å². The number of nitrogens with one attached hydrogen (secondary N) is 1. The minimum absolute atomic E-state index is 0.0889. The molecule has 0 radical (unpaired) electrons. The van der Waals surface area contributed by atoms with Crippen molar-refractivity contribution in [3.8, 4) is 0 Å². The lowest BCUT2D eigenvalue weighted by Crippen LogP contribution is -2.53. The van der Waals surface area contributed by atoms with Crippen LogP contribution in [0.2, 0.25) is 0 Å². The average Bonchev–Trinajstić information content (AvgIpc) is 2.75. The lowest BCUT2D eigenvalue weighted by Gasteiger charge is -2.33. The molecule has 0 aromatic rings. The van der Waals surface area contributed by atoms with E-state index < -0.39 is 12.1 Å². The Kier molecular flexibility index (Phi) is 2.93. The van der Waals surface area contributed by atoms with Crippen LogP contribution in [0.1, 0.15) is 0 Å². The van der Waals surface area contributed by atoms with Gasteiger partial charge in [-0.15, -0.1) is 0 Å². The van der Waals surface area contributed by atoms with Crippen molar-refractivity contribution in [3.63, 3.8) is 0 Å². The number of carbonyl (C=O) groups is 3. The number of rotatable bonds is 2. The number of hydrogen-bond acceptors (Lipinski definition) is 4. The molecule has 2 fully saturated rings. The van der Waals surface area contributed by atoms with Gasteiger partial charge in [-0.25, -0.2) is 4.79 Å². The van der Waals surface area contributed by atoms with E-state index in [4.69, 9.17) is 0 Å². The predicted octanol–water partition coefficient (Wildman–Crippen LogP) is -1.60. The molecule has 0 bridgehead atoms. The quantitative estimate of drug-likeness (QED) is 0.576. The summed E-state index contributed by atoms with van der Waals surface area (Å²) in [5.74, 6) is -0.142. The van der Waals surface area contributed by atoms with Crippen LogP contribution in [0.25, 0.3) is 0 Å². The Hall–Kier alpha value is -1.79. The molecular weight excluding hydrogens is 214 g/mol.